The van der Waals surface area contributed by atoms with Crippen LogP contribution >= 0.6 is 0 Å². The highest BCUT2D eigenvalue weighted by molar-refractivity contribution is 5.95. The third kappa shape index (κ3) is 2.46. The van der Waals surface area contributed by atoms with E-state index >= 15 is 0 Å². The lowest BCUT2D eigenvalue weighted by atomic mass is 9.93. The Kier molecular flexibility index (Phi) is 3.54. The number of para-hydroxylation sites is 2. The number of hydrazone groups is 1. The predicted molar refractivity (Wildman–Crippen MR) is 94.2 cm³/mol. The summed E-state index contributed by atoms with van der Waals surface area (Å²) in [4.78, 5) is 0. The van der Waals surface area contributed by atoms with Gasteiger partial charge in [-0.25, -0.2) is 0 Å². The zero-order valence-corrected chi connectivity index (χ0v) is 13.3. The highest BCUT2D eigenvalue weighted by Gasteiger charge is 2.45. The highest BCUT2D eigenvalue weighted by Crippen LogP contribution is 2.42. The van der Waals surface area contributed by atoms with Crippen LogP contribution in [0.2, 0.25) is 0 Å². The van der Waals surface area contributed by atoms with E-state index in [0.717, 1.165) is 5.56 Å². The molecule has 0 aliphatic carbocycles. The van der Waals surface area contributed by atoms with Gasteiger partial charge in [0.25, 0.3) is 5.72 Å². The molecule has 0 spiro atoms. The molecule has 0 unspecified atom stereocenters. The molecular formula is C20H16N2O3. The molecule has 1 aliphatic rings. The third-order valence-electron chi connectivity index (χ3n) is 4.15. The summed E-state index contributed by atoms with van der Waals surface area (Å²) in [6.07, 6.45) is 0. The number of ether oxygens (including phenoxy) is 1. The normalized spacial score (nSPS) is 15.1. The van der Waals surface area contributed by atoms with Gasteiger partial charge in [0.15, 0.2) is 0 Å². The van der Waals surface area contributed by atoms with E-state index in [2.05, 4.69) is 10.5 Å². The maximum Gasteiger partial charge on any atom is 0.256 e. The Balaban J connectivity index is 1.86. The fourth-order valence-corrected chi connectivity index (χ4v) is 2.94. The quantitative estimate of drug-likeness (QED) is 0.688. The van der Waals surface area contributed by atoms with Crippen LogP contribution in [0.4, 0.5) is 0 Å². The molecule has 1 heterocycles. The van der Waals surface area contributed by atoms with Gasteiger partial charge in [0.2, 0.25) is 5.90 Å². The number of aromatic hydroxyl groups is 2. The van der Waals surface area contributed by atoms with Gasteiger partial charge in [-0.2, -0.15) is 0 Å². The van der Waals surface area contributed by atoms with Crippen molar-refractivity contribution in [1.82, 2.24) is 5.43 Å². The molecular weight excluding hydrogens is 316 g/mol. The van der Waals surface area contributed by atoms with Crippen LogP contribution in [0.1, 0.15) is 16.7 Å². The molecule has 5 nitrogen and oxygen atoms in total. The lowest BCUT2D eigenvalue weighted by Crippen LogP contribution is -2.39. The SMILES string of the molecule is Oc1ccccc1C1(c2ccccc2O)NN=C(c2ccccc2)O1. The molecule has 3 N–H and O–H groups in total. The summed E-state index contributed by atoms with van der Waals surface area (Å²) in [6.45, 7) is 0. The van der Waals surface area contributed by atoms with Gasteiger partial charge in [0, 0.05) is 5.56 Å². The molecule has 0 saturated carbocycles. The van der Waals surface area contributed by atoms with E-state index in [-0.39, 0.29) is 11.5 Å². The first kappa shape index (κ1) is 15.1. The van der Waals surface area contributed by atoms with Crippen LogP contribution in [0.25, 0.3) is 0 Å². The zero-order valence-electron chi connectivity index (χ0n) is 13.3. The molecule has 1 aliphatic heterocycles. The highest BCUT2D eigenvalue weighted by atomic mass is 16.5. The van der Waals surface area contributed by atoms with E-state index in [1.165, 1.54) is 0 Å². The number of hydrogen-bond donors (Lipinski definition) is 3. The molecule has 3 aromatic carbocycles. The van der Waals surface area contributed by atoms with Crippen molar-refractivity contribution in [2.45, 2.75) is 5.72 Å². The number of benzene rings is 3. The van der Waals surface area contributed by atoms with Crippen LogP contribution in [-0.2, 0) is 10.5 Å². The fourth-order valence-electron chi connectivity index (χ4n) is 2.94. The molecule has 25 heavy (non-hydrogen) atoms. The van der Waals surface area contributed by atoms with Crippen molar-refractivity contribution in [3.63, 3.8) is 0 Å². The molecule has 0 radical (unpaired) electrons. The van der Waals surface area contributed by atoms with Crippen LogP contribution in [0, 0.1) is 0 Å². The van der Waals surface area contributed by atoms with Crippen LogP contribution in [-0.4, -0.2) is 16.1 Å². The second-order valence-corrected chi connectivity index (χ2v) is 5.71. The lowest BCUT2D eigenvalue weighted by molar-refractivity contribution is 0.0854. The minimum atomic E-state index is -1.32. The van der Waals surface area contributed by atoms with Crippen molar-refractivity contribution in [3.8, 4) is 11.5 Å². The molecule has 0 atom stereocenters. The summed E-state index contributed by atoms with van der Waals surface area (Å²) in [7, 11) is 0. The molecule has 124 valence electrons. The van der Waals surface area contributed by atoms with Crippen molar-refractivity contribution in [2.75, 3.05) is 0 Å². The molecule has 0 fully saturated rings. The third-order valence-corrected chi connectivity index (χ3v) is 4.15. The molecule has 3 aromatic rings. The topological polar surface area (TPSA) is 74.1 Å². The first-order valence-corrected chi connectivity index (χ1v) is 7.87. The van der Waals surface area contributed by atoms with E-state index in [9.17, 15) is 10.2 Å². The summed E-state index contributed by atoms with van der Waals surface area (Å²) in [5.74, 6) is 0.470. The smallest absolute Gasteiger partial charge is 0.256 e. The van der Waals surface area contributed by atoms with Gasteiger partial charge in [0.05, 0.1) is 11.1 Å². The average Bonchev–Trinajstić information content (AvgIpc) is 3.09. The predicted octanol–water partition coefficient (Wildman–Crippen LogP) is 3.28. The minimum Gasteiger partial charge on any atom is -0.507 e. The summed E-state index contributed by atoms with van der Waals surface area (Å²) in [5, 5.41) is 25.1. The summed E-state index contributed by atoms with van der Waals surface area (Å²) in [5.41, 5.74) is 3.38. The van der Waals surface area contributed by atoms with Crippen molar-refractivity contribution < 1.29 is 14.9 Å². The molecule has 0 amide bonds. The van der Waals surface area contributed by atoms with E-state index in [0.29, 0.717) is 17.0 Å². The molecule has 5 heteroatoms. The van der Waals surface area contributed by atoms with Crippen molar-refractivity contribution in [2.24, 2.45) is 5.10 Å². The molecule has 4 rings (SSSR count). The summed E-state index contributed by atoms with van der Waals surface area (Å²) >= 11 is 0. The molecule has 0 aromatic heterocycles. The molecule has 0 bridgehead atoms. The summed E-state index contributed by atoms with van der Waals surface area (Å²) < 4.78 is 6.19. The summed E-state index contributed by atoms with van der Waals surface area (Å²) in [6, 6.07) is 23.1. The Hall–Kier alpha value is -3.47. The van der Waals surface area contributed by atoms with Gasteiger partial charge in [-0.3, -0.25) is 5.43 Å². The van der Waals surface area contributed by atoms with Gasteiger partial charge < -0.3 is 14.9 Å². The van der Waals surface area contributed by atoms with Gasteiger partial charge in [-0.1, -0.05) is 42.5 Å². The lowest BCUT2D eigenvalue weighted by Gasteiger charge is -2.30. The van der Waals surface area contributed by atoms with E-state index < -0.39 is 5.72 Å². The second kappa shape index (κ2) is 5.87. The van der Waals surface area contributed by atoms with Gasteiger partial charge in [0.1, 0.15) is 11.5 Å². The first-order valence-electron chi connectivity index (χ1n) is 7.87. The van der Waals surface area contributed by atoms with E-state index in [4.69, 9.17) is 4.74 Å². The van der Waals surface area contributed by atoms with Crippen LogP contribution in [0.3, 0.4) is 0 Å². The van der Waals surface area contributed by atoms with Gasteiger partial charge >= 0.3 is 0 Å². The number of phenolic OH excluding ortho intramolecular Hbond substituents is 2. The standard InChI is InChI=1S/C20H16N2O3/c23-17-12-6-4-10-15(17)20(16-11-5-7-13-18(16)24)22-21-19(25-20)14-8-2-1-3-9-14/h1-13,22-24H. The van der Waals surface area contributed by atoms with Crippen molar-refractivity contribution in [1.29, 1.82) is 0 Å². The maximum absolute atomic E-state index is 10.4. The van der Waals surface area contributed by atoms with Crippen LogP contribution in [0.15, 0.2) is 84.0 Å². The Morgan fingerprint density at radius 2 is 1.24 bits per heavy atom. The number of phenols is 2. The second-order valence-electron chi connectivity index (χ2n) is 5.71. The Morgan fingerprint density at radius 3 is 1.80 bits per heavy atom. The number of hydrogen-bond acceptors (Lipinski definition) is 5. The molecule has 0 saturated heterocycles. The van der Waals surface area contributed by atoms with Crippen LogP contribution in [0.5, 0.6) is 11.5 Å². The van der Waals surface area contributed by atoms with Crippen molar-refractivity contribution in [3.05, 3.63) is 95.6 Å². The average molecular weight is 332 g/mol. The first-order chi connectivity index (χ1) is 12.2. The van der Waals surface area contributed by atoms with Crippen molar-refractivity contribution >= 4 is 5.90 Å². The number of nitrogens with one attached hydrogen (secondary N) is 1. The van der Waals surface area contributed by atoms with E-state index in [1.54, 1.807) is 48.5 Å². The zero-order chi connectivity index (χ0) is 17.3. The maximum atomic E-state index is 10.4. The Morgan fingerprint density at radius 1 is 0.720 bits per heavy atom. The van der Waals surface area contributed by atoms with Gasteiger partial charge in [-0.15, -0.1) is 5.10 Å². The van der Waals surface area contributed by atoms with Crippen LogP contribution < -0.4 is 5.43 Å². The van der Waals surface area contributed by atoms with E-state index in [1.807, 2.05) is 30.3 Å². The largest absolute Gasteiger partial charge is 0.507 e. The number of rotatable bonds is 3. The fraction of sp³-hybridized carbons (Fsp3) is 0.0500. The number of nitrogens with zero attached hydrogens (tertiary/aromatic N) is 1. The Labute approximate surface area is 144 Å². The monoisotopic (exact) mass is 332 g/mol. The van der Waals surface area contributed by atoms with Gasteiger partial charge in [-0.05, 0) is 36.4 Å². The Bertz CT molecular complexity index is 893. The minimum absolute atomic E-state index is 0.0442.